The summed E-state index contributed by atoms with van der Waals surface area (Å²) in [5.41, 5.74) is 0.256. The van der Waals surface area contributed by atoms with E-state index in [1.807, 2.05) is 0 Å². The third kappa shape index (κ3) is 3.25. The number of rotatable bonds is 6. The van der Waals surface area contributed by atoms with Gasteiger partial charge in [-0.1, -0.05) is 20.3 Å². The number of hydrogen-bond donors (Lipinski definition) is 1. The van der Waals surface area contributed by atoms with E-state index < -0.39 is 0 Å². The van der Waals surface area contributed by atoms with Crippen LogP contribution in [0, 0.1) is 11.3 Å². The van der Waals surface area contributed by atoms with Crippen molar-refractivity contribution in [3.63, 3.8) is 0 Å². The van der Waals surface area contributed by atoms with E-state index in [1.165, 1.54) is 32.2 Å². The molecule has 14 heavy (non-hydrogen) atoms. The van der Waals surface area contributed by atoms with Gasteiger partial charge in [0.25, 0.3) is 0 Å². The first kappa shape index (κ1) is 12.0. The molecule has 0 radical (unpaired) electrons. The highest BCUT2D eigenvalue weighted by molar-refractivity contribution is 4.89. The van der Waals surface area contributed by atoms with Crippen LogP contribution >= 0.6 is 0 Å². The van der Waals surface area contributed by atoms with E-state index in [-0.39, 0.29) is 5.41 Å². The quantitative estimate of drug-likeness (QED) is 0.708. The number of hydrogen-bond acceptors (Lipinski definition) is 2. The molecule has 1 N–H and O–H groups in total. The highest BCUT2D eigenvalue weighted by Crippen LogP contribution is 2.40. The van der Waals surface area contributed by atoms with Crippen LogP contribution < -0.4 is 0 Å². The summed E-state index contributed by atoms with van der Waals surface area (Å²) in [6.07, 6.45) is 5.00. The fourth-order valence-corrected chi connectivity index (χ4v) is 2.17. The molecule has 1 fully saturated rings. The van der Waals surface area contributed by atoms with Crippen molar-refractivity contribution in [1.82, 2.24) is 4.90 Å². The minimum atomic E-state index is 0.256. The maximum Gasteiger partial charge on any atom is 0.0499 e. The van der Waals surface area contributed by atoms with Crippen molar-refractivity contribution in [2.75, 3.05) is 26.7 Å². The molecule has 0 spiro atoms. The monoisotopic (exact) mass is 199 g/mol. The van der Waals surface area contributed by atoms with Crippen LogP contribution in [0.15, 0.2) is 0 Å². The second kappa shape index (κ2) is 5.13. The summed E-state index contributed by atoms with van der Waals surface area (Å²) >= 11 is 0. The van der Waals surface area contributed by atoms with Crippen LogP contribution in [0.5, 0.6) is 0 Å². The van der Waals surface area contributed by atoms with Crippen molar-refractivity contribution < 1.29 is 5.11 Å². The normalized spacial score (nSPS) is 20.1. The van der Waals surface area contributed by atoms with Gasteiger partial charge in [0.05, 0.1) is 0 Å². The highest BCUT2D eigenvalue weighted by atomic mass is 16.3. The summed E-state index contributed by atoms with van der Waals surface area (Å²) in [5.74, 6) is 0.781. The van der Waals surface area contributed by atoms with Crippen molar-refractivity contribution in [2.24, 2.45) is 11.3 Å². The first-order valence-electron chi connectivity index (χ1n) is 5.87. The Labute approximate surface area is 88.3 Å². The van der Waals surface area contributed by atoms with Crippen molar-refractivity contribution in [2.45, 2.75) is 39.5 Å². The average molecular weight is 199 g/mol. The molecule has 0 bridgehead atoms. The average Bonchev–Trinajstić information content (AvgIpc) is 2.08. The Morgan fingerprint density at radius 1 is 1.36 bits per heavy atom. The second-order valence-corrected chi connectivity index (χ2v) is 5.43. The lowest BCUT2D eigenvalue weighted by Crippen LogP contribution is -2.43. The van der Waals surface area contributed by atoms with Crippen LogP contribution in [-0.4, -0.2) is 36.8 Å². The zero-order valence-corrected chi connectivity index (χ0v) is 9.92. The summed E-state index contributed by atoms with van der Waals surface area (Å²) in [7, 11) is 2.18. The number of aliphatic hydroxyl groups is 1. The molecule has 0 aliphatic heterocycles. The molecule has 2 nitrogen and oxygen atoms in total. The Hall–Kier alpha value is -0.0800. The van der Waals surface area contributed by atoms with Gasteiger partial charge in [-0.2, -0.15) is 0 Å². The van der Waals surface area contributed by atoms with Crippen molar-refractivity contribution >= 4 is 0 Å². The van der Waals surface area contributed by atoms with Gasteiger partial charge in [-0.3, -0.25) is 0 Å². The van der Waals surface area contributed by atoms with Gasteiger partial charge in [0.1, 0.15) is 0 Å². The smallest absolute Gasteiger partial charge is 0.0499 e. The summed E-state index contributed by atoms with van der Waals surface area (Å²) in [4.78, 5) is 2.38. The van der Waals surface area contributed by atoms with E-state index in [2.05, 4.69) is 25.8 Å². The van der Waals surface area contributed by atoms with Crippen LogP contribution in [0.4, 0.5) is 0 Å². The van der Waals surface area contributed by atoms with Gasteiger partial charge in [-0.15, -0.1) is 0 Å². The molecule has 0 aromatic rings. The lowest BCUT2D eigenvalue weighted by atomic mass is 9.69. The maximum absolute atomic E-state index is 9.34. The Bertz CT molecular complexity index is 158. The van der Waals surface area contributed by atoms with Crippen LogP contribution in [0.25, 0.3) is 0 Å². The van der Waals surface area contributed by atoms with E-state index in [0.717, 1.165) is 12.5 Å². The van der Waals surface area contributed by atoms with E-state index in [1.54, 1.807) is 0 Å². The molecular formula is C12H25NO. The first-order valence-corrected chi connectivity index (χ1v) is 5.87. The fraction of sp³-hybridized carbons (Fsp3) is 1.00. The molecule has 0 heterocycles. The van der Waals surface area contributed by atoms with Crippen LogP contribution in [-0.2, 0) is 0 Å². The maximum atomic E-state index is 9.34. The highest BCUT2D eigenvalue weighted by Gasteiger charge is 2.36. The number of aliphatic hydroxyl groups excluding tert-OH is 1. The third-order valence-corrected chi connectivity index (χ3v) is 3.44. The standard InChI is InChI=1S/C12H25NO/c1-11(2)5-8-13(3)9-12(10-14)6-4-7-12/h11,14H,4-10H2,1-3H3. The Morgan fingerprint density at radius 2 is 2.00 bits per heavy atom. The first-order chi connectivity index (χ1) is 6.58. The van der Waals surface area contributed by atoms with E-state index >= 15 is 0 Å². The number of nitrogens with zero attached hydrogens (tertiary/aromatic N) is 1. The zero-order valence-electron chi connectivity index (χ0n) is 9.92. The summed E-state index contributed by atoms with van der Waals surface area (Å²) in [5, 5.41) is 9.34. The zero-order chi connectivity index (χ0) is 10.6. The fourth-order valence-electron chi connectivity index (χ4n) is 2.17. The van der Waals surface area contributed by atoms with Gasteiger partial charge in [0, 0.05) is 18.6 Å². The van der Waals surface area contributed by atoms with Crippen molar-refractivity contribution in [3.8, 4) is 0 Å². The van der Waals surface area contributed by atoms with Crippen LogP contribution in [0.2, 0.25) is 0 Å². The molecule has 0 atom stereocenters. The van der Waals surface area contributed by atoms with Crippen molar-refractivity contribution in [1.29, 1.82) is 0 Å². The lowest BCUT2D eigenvalue weighted by Gasteiger charge is -2.43. The summed E-state index contributed by atoms with van der Waals surface area (Å²) in [6, 6.07) is 0. The molecule has 1 rings (SSSR count). The molecule has 1 aliphatic carbocycles. The topological polar surface area (TPSA) is 23.5 Å². The molecule has 0 aromatic heterocycles. The predicted molar refractivity (Wildman–Crippen MR) is 60.3 cm³/mol. The van der Waals surface area contributed by atoms with E-state index in [9.17, 15) is 5.11 Å². The second-order valence-electron chi connectivity index (χ2n) is 5.43. The molecule has 0 saturated heterocycles. The van der Waals surface area contributed by atoms with E-state index in [4.69, 9.17) is 0 Å². The molecule has 2 heteroatoms. The minimum absolute atomic E-state index is 0.256. The molecule has 0 unspecified atom stereocenters. The van der Waals surface area contributed by atoms with Crippen molar-refractivity contribution in [3.05, 3.63) is 0 Å². The molecule has 1 aliphatic rings. The van der Waals surface area contributed by atoms with Gasteiger partial charge in [-0.05, 0) is 38.8 Å². The summed E-state index contributed by atoms with van der Waals surface area (Å²) < 4.78 is 0. The van der Waals surface area contributed by atoms with Crippen LogP contribution in [0.1, 0.15) is 39.5 Å². The predicted octanol–water partition coefficient (Wildman–Crippen LogP) is 2.13. The molecule has 0 amide bonds. The lowest BCUT2D eigenvalue weighted by molar-refractivity contribution is 0.0138. The molecular weight excluding hydrogens is 174 g/mol. The molecule has 1 saturated carbocycles. The SMILES string of the molecule is CC(C)CCN(C)CC1(CO)CCC1. The Kier molecular flexibility index (Phi) is 4.39. The largest absolute Gasteiger partial charge is 0.396 e. The van der Waals surface area contributed by atoms with Crippen LogP contribution in [0.3, 0.4) is 0 Å². The Balaban J connectivity index is 2.21. The van der Waals surface area contributed by atoms with Gasteiger partial charge >= 0.3 is 0 Å². The van der Waals surface area contributed by atoms with Gasteiger partial charge in [0.15, 0.2) is 0 Å². The molecule has 0 aromatic carbocycles. The van der Waals surface area contributed by atoms with Gasteiger partial charge in [-0.25, -0.2) is 0 Å². The third-order valence-electron chi connectivity index (χ3n) is 3.44. The van der Waals surface area contributed by atoms with Gasteiger partial charge < -0.3 is 10.0 Å². The minimum Gasteiger partial charge on any atom is -0.396 e. The summed E-state index contributed by atoms with van der Waals surface area (Å²) in [6.45, 7) is 7.15. The Morgan fingerprint density at radius 3 is 2.36 bits per heavy atom. The van der Waals surface area contributed by atoms with Gasteiger partial charge in [0.2, 0.25) is 0 Å². The van der Waals surface area contributed by atoms with E-state index in [0.29, 0.717) is 6.61 Å². The molecule has 84 valence electrons.